The lowest BCUT2D eigenvalue weighted by Crippen LogP contribution is -1.93. The zero-order chi connectivity index (χ0) is 12.4. The molecule has 88 valence electrons. The number of nitro groups is 1. The van der Waals surface area contributed by atoms with E-state index in [0.29, 0.717) is 11.6 Å². The fraction of sp³-hybridized carbons (Fsp3) is 0.200. The van der Waals surface area contributed by atoms with Gasteiger partial charge in [-0.05, 0) is 19.1 Å². The molecular formula is C10H9N3O4. The second-order valence-electron chi connectivity index (χ2n) is 3.29. The van der Waals surface area contributed by atoms with E-state index in [0.717, 1.165) is 0 Å². The Kier molecular flexibility index (Phi) is 2.73. The number of ether oxygens (including phenoxy) is 1. The molecule has 0 radical (unpaired) electrons. The lowest BCUT2D eigenvalue weighted by Gasteiger charge is -2.01. The normalized spacial score (nSPS) is 10.2. The van der Waals surface area contributed by atoms with Gasteiger partial charge in [0.2, 0.25) is 0 Å². The summed E-state index contributed by atoms with van der Waals surface area (Å²) >= 11 is 0. The maximum atomic E-state index is 10.9. The standard InChI is InChI=1S/C10H9N3O4/c1-6-11-10(17-12-6)8-4-3-7(16-2)5-9(8)13(14)15/h3-5H,1-2H3. The molecule has 0 saturated carbocycles. The predicted molar refractivity (Wildman–Crippen MR) is 57.7 cm³/mol. The van der Waals surface area contributed by atoms with Gasteiger partial charge in [0.1, 0.15) is 11.3 Å². The van der Waals surface area contributed by atoms with E-state index in [4.69, 9.17) is 9.26 Å². The summed E-state index contributed by atoms with van der Waals surface area (Å²) in [5.41, 5.74) is 0.143. The fourth-order valence-corrected chi connectivity index (χ4v) is 1.38. The minimum atomic E-state index is -0.516. The SMILES string of the molecule is COc1ccc(-c2nc(C)no2)c([N+](=O)[O-])c1. The van der Waals surface area contributed by atoms with Crippen LogP contribution in [0, 0.1) is 17.0 Å². The minimum absolute atomic E-state index is 0.122. The van der Waals surface area contributed by atoms with Crippen molar-refractivity contribution in [3.63, 3.8) is 0 Å². The molecule has 1 aromatic heterocycles. The van der Waals surface area contributed by atoms with Gasteiger partial charge in [-0.1, -0.05) is 5.16 Å². The average Bonchev–Trinajstić information content (AvgIpc) is 2.75. The van der Waals surface area contributed by atoms with Gasteiger partial charge >= 0.3 is 0 Å². The van der Waals surface area contributed by atoms with Crippen LogP contribution in [0.1, 0.15) is 5.82 Å². The molecule has 0 atom stereocenters. The monoisotopic (exact) mass is 235 g/mol. The van der Waals surface area contributed by atoms with Crippen molar-refractivity contribution >= 4 is 5.69 Å². The molecule has 2 rings (SSSR count). The van der Waals surface area contributed by atoms with Crippen molar-refractivity contribution in [3.05, 3.63) is 34.1 Å². The summed E-state index contributed by atoms with van der Waals surface area (Å²) in [4.78, 5) is 14.4. The number of rotatable bonds is 3. The molecule has 0 aliphatic carbocycles. The van der Waals surface area contributed by atoms with Gasteiger partial charge < -0.3 is 9.26 Å². The summed E-state index contributed by atoms with van der Waals surface area (Å²) in [5, 5.41) is 14.5. The van der Waals surface area contributed by atoms with E-state index in [2.05, 4.69) is 10.1 Å². The molecule has 0 aliphatic heterocycles. The summed E-state index contributed by atoms with van der Waals surface area (Å²) in [6, 6.07) is 4.43. The minimum Gasteiger partial charge on any atom is -0.497 e. The van der Waals surface area contributed by atoms with Gasteiger partial charge in [0, 0.05) is 0 Å². The highest BCUT2D eigenvalue weighted by Crippen LogP contribution is 2.31. The van der Waals surface area contributed by atoms with Crippen LogP contribution in [0.4, 0.5) is 5.69 Å². The predicted octanol–water partition coefficient (Wildman–Crippen LogP) is 1.96. The number of nitro benzene ring substituents is 1. The third-order valence-corrected chi connectivity index (χ3v) is 2.16. The van der Waals surface area contributed by atoms with E-state index in [1.807, 2.05) is 0 Å². The van der Waals surface area contributed by atoms with Gasteiger partial charge in [0.25, 0.3) is 11.6 Å². The molecule has 0 unspecified atom stereocenters. The zero-order valence-electron chi connectivity index (χ0n) is 9.21. The molecule has 0 saturated heterocycles. The third kappa shape index (κ3) is 2.07. The van der Waals surface area contributed by atoms with Crippen molar-refractivity contribution in [1.29, 1.82) is 0 Å². The van der Waals surface area contributed by atoms with Gasteiger partial charge in [-0.3, -0.25) is 10.1 Å². The topological polar surface area (TPSA) is 91.3 Å². The molecule has 0 fully saturated rings. The van der Waals surface area contributed by atoms with Crippen LogP contribution in [0.3, 0.4) is 0 Å². The maximum absolute atomic E-state index is 10.9. The Hall–Kier alpha value is -2.44. The summed E-state index contributed by atoms with van der Waals surface area (Å²) < 4.78 is 9.84. The van der Waals surface area contributed by atoms with Crippen molar-refractivity contribution in [1.82, 2.24) is 10.1 Å². The maximum Gasteiger partial charge on any atom is 0.285 e. The third-order valence-electron chi connectivity index (χ3n) is 2.16. The molecule has 7 heteroatoms. The Labute approximate surface area is 96.2 Å². The summed E-state index contributed by atoms with van der Waals surface area (Å²) in [6.07, 6.45) is 0. The lowest BCUT2D eigenvalue weighted by atomic mass is 10.1. The highest BCUT2D eigenvalue weighted by atomic mass is 16.6. The van der Waals surface area contributed by atoms with E-state index in [9.17, 15) is 10.1 Å². The number of hydrogen-bond acceptors (Lipinski definition) is 6. The van der Waals surface area contributed by atoms with Crippen LogP contribution in [0.5, 0.6) is 5.75 Å². The van der Waals surface area contributed by atoms with Gasteiger partial charge in [-0.25, -0.2) is 0 Å². The first-order valence-electron chi connectivity index (χ1n) is 4.75. The van der Waals surface area contributed by atoms with Gasteiger partial charge in [0.15, 0.2) is 5.82 Å². The van der Waals surface area contributed by atoms with E-state index >= 15 is 0 Å². The summed E-state index contributed by atoms with van der Waals surface area (Å²) in [6.45, 7) is 1.64. The first-order valence-corrected chi connectivity index (χ1v) is 4.75. The van der Waals surface area contributed by atoms with Crippen LogP contribution >= 0.6 is 0 Å². The first-order chi connectivity index (χ1) is 8.11. The molecule has 0 amide bonds. The van der Waals surface area contributed by atoms with Crippen LogP contribution in [-0.4, -0.2) is 22.2 Å². The van der Waals surface area contributed by atoms with E-state index in [1.54, 1.807) is 13.0 Å². The number of aromatic nitrogens is 2. The zero-order valence-corrected chi connectivity index (χ0v) is 9.21. The summed E-state index contributed by atoms with van der Waals surface area (Å²) in [7, 11) is 1.44. The molecule has 1 aromatic carbocycles. The highest BCUT2D eigenvalue weighted by molar-refractivity contribution is 5.68. The average molecular weight is 235 g/mol. The molecule has 2 aromatic rings. The van der Waals surface area contributed by atoms with Gasteiger partial charge in [0.05, 0.1) is 18.1 Å². The van der Waals surface area contributed by atoms with E-state index in [1.165, 1.54) is 19.2 Å². The molecule has 17 heavy (non-hydrogen) atoms. The van der Waals surface area contributed by atoms with Crippen molar-refractivity contribution in [2.75, 3.05) is 7.11 Å². The Balaban J connectivity index is 2.57. The molecular weight excluding hydrogens is 226 g/mol. The molecule has 7 nitrogen and oxygen atoms in total. The molecule has 1 heterocycles. The Morgan fingerprint density at radius 2 is 2.24 bits per heavy atom. The van der Waals surface area contributed by atoms with Crippen LogP contribution in [0.2, 0.25) is 0 Å². The van der Waals surface area contributed by atoms with E-state index in [-0.39, 0.29) is 17.1 Å². The van der Waals surface area contributed by atoms with E-state index < -0.39 is 4.92 Å². The fourth-order valence-electron chi connectivity index (χ4n) is 1.38. The van der Waals surface area contributed by atoms with Crippen molar-refractivity contribution in [3.8, 4) is 17.2 Å². The van der Waals surface area contributed by atoms with Crippen molar-refractivity contribution < 1.29 is 14.2 Å². The van der Waals surface area contributed by atoms with Crippen LogP contribution in [-0.2, 0) is 0 Å². The molecule has 0 spiro atoms. The first kappa shape index (κ1) is 11.1. The number of methoxy groups -OCH3 is 1. The highest BCUT2D eigenvalue weighted by Gasteiger charge is 2.20. The van der Waals surface area contributed by atoms with Crippen molar-refractivity contribution in [2.45, 2.75) is 6.92 Å². The van der Waals surface area contributed by atoms with Crippen LogP contribution < -0.4 is 4.74 Å². The molecule has 0 aliphatic rings. The number of benzene rings is 1. The quantitative estimate of drug-likeness (QED) is 0.596. The smallest absolute Gasteiger partial charge is 0.285 e. The molecule has 0 N–H and O–H groups in total. The summed E-state index contributed by atoms with van der Waals surface area (Å²) in [5.74, 6) is 0.943. The van der Waals surface area contributed by atoms with Crippen molar-refractivity contribution in [2.24, 2.45) is 0 Å². The number of hydrogen-bond donors (Lipinski definition) is 0. The van der Waals surface area contributed by atoms with Crippen LogP contribution in [0.25, 0.3) is 11.5 Å². The van der Waals surface area contributed by atoms with Gasteiger partial charge in [-0.2, -0.15) is 4.98 Å². The second kappa shape index (κ2) is 4.20. The van der Waals surface area contributed by atoms with Crippen LogP contribution in [0.15, 0.2) is 22.7 Å². The second-order valence-corrected chi connectivity index (χ2v) is 3.29. The lowest BCUT2D eigenvalue weighted by molar-refractivity contribution is -0.384. The Morgan fingerprint density at radius 3 is 2.76 bits per heavy atom. The largest absolute Gasteiger partial charge is 0.497 e. The van der Waals surface area contributed by atoms with Gasteiger partial charge in [-0.15, -0.1) is 0 Å². The number of aryl methyl sites for hydroxylation is 1. The Bertz CT molecular complexity index is 564. The Morgan fingerprint density at radius 1 is 1.47 bits per heavy atom. The molecule has 0 bridgehead atoms. The number of nitrogens with zero attached hydrogens (tertiary/aromatic N) is 3.